The second kappa shape index (κ2) is 9.15. The van der Waals surface area contributed by atoms with E-state index < -0.39 is 0 Å². The van der Waals surface area contributed by atoms with Crippen LogP contribution in [0.3, 0.4) is 0 Å². The van der Waals surface area contributed by atoms with Crippen LogP contribution in [0.5, 0.6) is 0 Å². The molecule has 0 radical (unpaired) electrons. The summed E-state index contributed by atoms with van der Waals surface area (Å²) in [6.45, 7) is 2.00. The van der Waals surface area contributed by atoms with Crippen molar-refractivity contribution >= 4 is 11.8 Å². The van der Waals surface area contributed by atoms with Gasteiger partial charge in [0.2, 0.25) is 5.91 Å². The van der Waals surface area contributed by atoms with Gasteiger partial charge in [-0.2, -0.15) is 0 Å². The molecule has 2 aromatic rings. The third kappa shape index (κ3) is 5.16. The van der Waals surface area contributed by atoms with Crippen LogP contribution in [-0.2, 0) is 16.1 Å². The van der Waals surface area contributed by atoms with E-state index in [2.05, 4.69) is 10.3 Å². The molecular formula is C19H23N3O4. The van der Waals surface area contributed by atoms with Gasteiger partial charge < -0.3 is 19.4 Å². The van der Waals surface area contributed by atoms with Crippen LogP contribution in [0.25, 0.3) is 0 Å². The normalized spacial score (nSPS) is 16.4. The predicted octanol–water partition coefficient (Wildman–Crippen LogP) is 2.00. The second-order valence-electron chi connectivity index (χ2n) is 6.28. The predicted molar refractivity (Wildman–Crippen MR) is 94.3 cm³/mol. The molecule has 2 amide bonds. The number of amides is 2. The van der Waals surface area contributed by atoms with Crippen LogP contribution in [0.4, 0.5) is 0 Å². The van der Waals surface area contributed by atoms with Gasteiger partial charge in [0.15, 0.2) is 0 Å². The highest BCUT2D eigenvalue weighted by Gasteiger charge is 2.24. The Labute approximate surface area is 152 Å². The summed E-state index contributed by atoms with van der Waals surface area (Å²) in [4.78, 5) is 30.4. The highest BCUT2D eigenvalue weighted by molar-refractivity contribution is 5.94. The van der Waals surface area contributed by atoms with E-state index in [1.807, 2.05) is 12.1 Å². The fourth-order valence-electron chi connectivity index (χ4n) is 2.90. The van der Waals surface area contributed by atoms with Gasteiger partial charge in [-0.25, -0.2) is 0 Å². The van der Waals surface area contributed by atoms with E-state index in [-0.39, 0.29) is 24.3 Å². The van der Waals surface area contributed by atoms with Crippen molar-refractivity contribution < 1.29 is 18.7 Å². The summed E-state index contributed by atoms with van der Waals surface area (Å²) in [6, 6.07) is 5.34. The highest BCUT2D eigenvalue weighted by atomic mass is 16.5. The lowest BCUT2D eigenvalue weighted by molar-refractivity contribution is -0.121. The molecule has 0 aromatic carbocycles. The molecule has 0 spiro atoms. The molecule has 26 heavy (non-hydrogen) atoms. The highest BCUT2D eigenvalue weighted by Crippen LogP contribution is 2.15. The number of hydrogen-bond donors (Lipinski definition) is 1. The van der Waals surface area contributed by atoms with Gasteiger partial charge in [0.25, 0.3) is 5.91 Å². The molecule has 0 saturated carbocycles. The van der Waals surface area contributed by atoms with E-state index in [9.17, 15) is 9.59 Å². The van der Waals surface area contributed by atoms with Crippen LogP contribution in [0.2, 0.25) is 0 Å². The molecule has 1 atom stereocenters. The lowest BCUT2D eigenvalue weighted by atomic mass is 10.2. The fourth-order valence-corrected chi connectivity index (χ4v) is 2.90. The van der Waals surface area contributed by atoms with Crippen molar-refractivity contribution in [3.63, 3.8) is 0 Å². The maximum atomic E-state index is 12.7. The summed E-state index contributed by atoms with van der Waals surface area (Å²) in [5.41, 5.74) is 1.47. The molecule has 1 saturated heterocycles. The van der Waals surface area contributed by atoms with Crippen molar-refractivity contribution in [2.75, 3.05) is 19.7 Å². The third-order valence-corrected chi connectivity index (χ3v) is 4.35. The number of nitrogens with one attached hydrogen (secondary N) is 1. The van der Waals surface area contributed by atoms with Gasteiger partial charge >= 0.3 is 0 Å². The van der Waals surface area contributed by atoms with Crippen molar-refractivity contribution in [3.8, 4) is 0 Å². The summed E-state index contributed by atoms with van der Waals surface area (Å²) in [7, 11) is 0. The molecular weight excluding hydrogens is 334 g/mol. The smallest absolute Gasteiger partial charge is 0.257 e. The maximum absolute atomic E-state index is 12.7. The van der Waals surface area contributed by atoms with E-state index in [1.165, 1.54) is 12.5 Å². The Morgan fingerprint density at radius 2 is 2.12 bits per heavy atom. The SMILES string of the molecule is O=C(CCN(C[C@@H]1CCCO1)C(=O)c1ccoc1)NCc1ccncc1. The number of hydrogen-bond acceptors (Lipinski definition) is 5. The van der Waals surface area contributed by atoms with Crippen molar-refractivity contribution in [2.45, 2.75) is 31.9 Å². The molecule has 7 heteroatoms. The molecule has 3 heterocycles. The van der Waals surface area contributed by atoms with E-state index >= 15 is 0 Å². The van der Waals surface area contributed by atoms with Crippen molar-refractivity contribution in [2.24, 2.45) is 0 Å². The number of furan rings is 1. The average molecular weight is 357 g/mol. The maximum Gasteiger partial charge on any atom is 0.257 e. The summed E-state index contributed by atoms with van der Waals surface area (Å²) in [6.07, 6.45) is 8.48. The van der Waals surface area contributed by atoms with Crippen LogP contribution in [0, 0.1) is 0 Å². The number of aromatic nitrogens is 1. The summed E-state index contributed by atoms with van der Waals surface area (Å²) < 4.78 is 10.6. The average Bonchev–Trinajstić information content (AvgIpc) is 3.37. The van der Waals surface area contributed by atoms with Crippen LogP contribution >= 0.6 is 0 Å². The molecule has 1 N–H and O–H groups in total. The molecule has 3 rings (SSSR count). The van der Waals surface area contributed by atoms with Gasteiger partial charge in [-0.1, -0.05) is 0 Å². The van der Waals surface area contributed by atoms with E-state index in [4.69, 9.17) is 9.15 Å². The Bertz CT molecular complexity index is 697. The number of nitrogens with zero attached hydrogens (tertiary/aromatic N) is 2. The van der Waals surface area contributed by atoms with E-state index in [0.717, 1.165) is 25.0 Å². The monoisotopic (exact) mass is 357 g/mol. The van der Waals surface area contributed by atoms with Gasteiger partial charge in [0.05, 0.1) is 17.9 Å². The minimum absolute atomic E-state index is 0.0331. The topological polar surface area (TPSA) is 84.7 Å². The van der Waals surface area contributed by atoms with Gasteiger partial charge in [-0.15, -0.1) is 0 Å². The summed E-state index contributed by atoms with van der Waals surface area (Å²) in [5.74, 6) is -0.240. The van der Waals surface area contributed by atoms with Gasteiger partial charge in [-0.05, 0) is 36.6 Å². The number of carbonyl (C=O) groups excluding carboxylic acids is 2. The van der Waals surface area contributed by atoms with Crippen LogP contribution in [0.15, 0.2) is 47.5 Å². The first kappa shape index (κ1) is 18.1. The van der Waals surface area contributed by atoms with E-state index in [1.54, 1.807) is 23.4 Å². The number of rotatable bonds is 8. The molecule has 0 aliphatic carbocycles. The molecule has 2 aromatic heterocycles. The van der Waals surface area contributed by atoms with E-state index in [0.29, 0.717) is 25.2 Å². The lowest BCUT2D eigenvalue weighted by Crippen LogP contribution is -2.39. The van der Waals surface area contributed by atoms with Gasteiger partial charge in [0, 0.05) is 45.1 Å². The molecule has 138 valence electrons. The van der Waals surface area contributed by atoms with Crippen LogP contribution in [0.1, 0.15) is 35.2 Å². The Balaban J connectivity index is 1.52. The lowest BCUT2D eigenvalue weighted by Gasteiger charge is -2.25. The minimum atomic E-state index is -0.142. The summed E-state index contributed by atoms with van der Waals surface area (Å²) >= 11 is 0. The van der Waals surface area contributed by atoms with Crippen molar-refractivity contribution in [1.29, 1.82) is 0 Å². The zero-order valence-electron chi connectivity index (χ0n) is 14.6. The number of ether oxygens (including phenoxy) is 1. The van der Waals surface area contributed by atoms with Crippen LogP contribution < -0.4 is 5.32 Å². The quantitative estimate of drug-likeness (QED) is 0.781. The molecule has 1 aliphatic rings. The molecule has 0 unspecified atom stereocenters. The first-order valence-corrected chi connectivity index (χ1v) is 8.81. The van der Waals surface area contributed by atoms with Crippen molar-refractivity contribution in [3.05, 3.63) is 54.2 Å². The Morgan fingerprint density at radius 3 is 2.81 bits per heavy atom. The third-order valence-electron chi connectivity index (χ3n) is 4.35. The van der Waals surface area contributed by atoms with Gasteiger partial charge in [-0.3, -0.25) is 14.6 Å². The molecule has 0 bridgehead atoms. The molecule has 1 aliphatic heterocycles. The Hall–Kier alpha value is -2.67. The Kier molecular flexibility index (Phi) is 6.38. The van der Waals surface area contributed by atoms with Crippen molar-refractivity contribution in [1.82, 2.24) is 15.2 Å². The first-order valence-electron chi connectivity index (χ1n) is 8.81. The second-order valence-corrected chi connectivity index (χ2v) is 6.28. The van der Waals surface area contributed by atoms with Crippen LogP contribution in [-0.4, -0.2) is 47.5 Å². The minimum Gasteiger partial charge on any atom is -0.472 e. The zero-order valence-corrected chi connectivity index (χ0v) is 14.6. The fraction of sp³-hybridized carbons (Fsp3) is 0.421. The zero-order chi connectivity index (χ0) is 18.2. The number of carbonyl (C=O) groups is 2. The first-order chi connectivity index (χ1) is 12.7. The molecule has 1 fully saturated rings. The standard InChI is InChI=1S/C19H23N3O4/c23-18(21-12-15-3-7-20-8-4-15)5-9-22(13-17-2-1-10-26-17)19(24)16-6-11-25-14-16/h3-4,6-8,11,14,17H,1-2,5,9-10,12-13H2,(H,21,23)/t17-/m0/s1. The Morgan fingerprint density at radius 1 is 1.27 bits per heavy atom. The summed E-state index contributed by atoms with van der Waals surface area (Å²) in [5, 5.41) is 2.87. The largest absolute Gasteiger partial charge is 0.472 e. The van der Waals surface area contributed by atoms with Gasteiger partial charge in [0.1, 0.15) is 6.26 Å². The molecule has 7 nitrogen and oxygen atoms in total. The number of pyridine rings is 1.